The van der Waals surface area contributed by atoms with Crippen LogP contribution < -0.4 is 5.32 Å². The number of rotatable bonds is 4. The standard InChI is InChI=1S/C16H21F2NO2/c1-11(2)8-10-19-14(20)16(21)13-6-4-3-5-12(13)7-9-15(16,17)18/h3-6,11,21H,7-10H2,1-2H3,(H,19,20)/t16-/m0/s1. The van der Waals surface area contributed by atoms with Gasteiger partial charge in [-0.2, -0.15) is 0 Å². The second-order valence-electron chi connectivity index (χ2n) is 6.01. The molecule has 2 rings (SSSR count). The summed E-state index contributed by atoms with van der Waals surface area (Å²) in [5.74, 6) is -4.14. The smallest absolute Gasteiger partial charge is 0.289 e. The third-order valence-electron chi connectivity index (χ3n) is 3.98. The van der Waals surface area contributed by atoms with Crippen LogP contribution in [0, 0.1) is 5.92 Å². The van der Waals surface area contributed by atoms with Crippen molar-refractivity contribution in [2.24, 2.45) is 5.92 Å². The van der Waals surface area contributed by atoms with Crippen molar-refractivity contribution in [1.82, 2.24) is 5.32 Å². The molecule has 21 heavy (non-hydrogen) atoms. The van der Waals surface area contributed by atoms with E-state index in [1.165, 1.54) is 6.07 Å². The van der Waals surface area contributed by atoms with Gasteiger partial charge in [0.25, 0.3) is 11.8 Å². The Morgan fingerprint density at radius 1 is 1.38 bits per heavy atom. The van der Waals surface area contributed by atoms with Crippen molar-refractivity contribution in [3.05, 3.63) is 35.4 Å². The lowest BCUT2D eigenvalue weighted by atomic mass is 9.75. The molecule has 5 heteroatoms. The van der Waals surface area contributed by atoms with Crippen molar-refractivity contribution in [3.63, 3.8) is 0 Å². The van der Waals surface area contributed by atoms with Gasteiger partial charge in [-0.3, -0.25) is 4.79 Å². The van der Waals surface area contributed by atoms with E-state index < -0.39 is 23.9 Å². The molecule has 0 heterocycles. The summed E-state index contributed by atoms with van der Waals surface area (Å²) in [4.78, 5) is 12.2. The molecule has 116 valence electrons. The number of aryl methyl sites for hydroxylation is 1. The summed E-state index contributed by atoms with van der Waals surface area (Å²) in [7, 11) is 0. The molecule has 0 unspecified atom stereocenters. The number of halogens is 2. The Morgan fingerprint density at radius 2 is 2.05 bits per heavy atom. The predicted molar refractivity (Wildman–Crippen MR) is 76.1 cm³/mol. The third-order valence-corrected chi connectivity index (χ3v) is 3.98. The van der Waals surface area contributed by atoms with Crippen LogP contribution in [-0.4, -0.2) is 23.5 Å². The zero-order chi connectivity index (χ0) is 15.7. The van der Waals surface area contributed by atoms with Gasteiger partial charge in [0.1, 0.15) is 0 Å². The maximum absolute atomic E-state index is 14.3. The monoisotopic (exact) mass is 297 g/mol. The van der Waals surface area contributed by atoms with E-state index in [9.17, 15) is 18.7 Å². The molecule has 3 nitrogen and oxygen atoms in total. The number of hydrogen-bond donors (Lipinski definition) is 2. The molecule has 1 aromatic rings. The number of carbonyl (C=O) groups excluding carboxylic acids is 1. The largest absolute Gasteiger partial charge is 0.371 e. The van der Waals surface area contributed by atoms with E-state index in [0.717, 1.165) is 0 Å². The van der Waals surface area contributed by atoms with Gasteiger partial charge in [-0.05, 0) is 24.3 Å². The highest BCUT2D eigenvalue weighted by atomic mass is 19.3. The Morgan fingerprint density at radius 3 is 2.71 bits per heavy atom. The fourth-order valence-electron chi connectivity index (χ4n) is 2.65. The topological polar surface area (TPSA) is 49.3 Å². The van der Waals surface area contributed by atoms with Crippen LogP contribution in [0.5, 0.6) is 0 Å². The van der Waals surface area contributed by atoms with E-state index in [1.807, 2.05) is 13.8 Å². The third kappa shape index (κ3) is 2.79. The van der Waals surface area contributed by atoms with Gasteiger partial charge in [0.2, 0.25) is 5.60 Å². The Balaban J connectivity index is 2.30. The van der Waals surface area contributed by atoms with Crippen molar-refractivity contribution in [2.45, 2.75) is 44.6 Å². The summed E-state index contributed by atoms with van der Waals surface area (Å²) >= 11 is 0. The van der Waals surface area contributed by atoms with Crippen LogP contribution in [0.3, 0.4) is 0 Å². The first-order valence-corrected chi connectivity index (χ1v) is 7.26. The molecule has 0 aromatic heterocycles. The number of carbonyl (C=O) groups is 1. The number of amides is 1. The Kier molecular flexibility index (Phi) is 4.33. The SMILES string of the molecule is CC(C)CCNC(=O)[C@@]1(O)c2ccccc2CCC1(F)F. The minimum atomic E-state index is -3.47. The molecule has 1 aromatic carbocycles. The zero-order valence-electron chi connectivity index (χ0n) is 12.3. The Labute approximate surface area is 123 Å². The first-order chi connectivity index (χ1) is 9.79. The lowest BCUT2D eigenvalue weighted by Gasteiger charge is -2.39. The summed E-state index contributed by atoms with van der Waals surface area (Å²) in [5, 5.41) is 13.0. The summed E-state index contributed by atoms with van der Waals surface area (Å²) in [5.41, 5.74) is -2.16. The molecule has 0 fully saturated rings. The number of alkyl halides is 2. The molecule has 1 aliphatic carbocycles. The molecule has 0 aliphatic heterocycles. The molecule has 1 amide bonds. The number of aliphatic hydroxyl groups is 1. The average Bonchev–Trinajstić information content (AvgIpc) is 2.43. The molecule has 0 saturated carbocycles. The predicted octanol–water partition coefficient (Wildman–Crippen LogP) is 2.62. The van der Waals surface area contributed by atoms with Crippen molar-refractivity contribution in [2.75, 3.05) is 6.54 Å². The van der Waals surface area contributed by atoms with Gasteiger partial charge in [-0.1, -0.05) is 38.1 Å². The number of benzene rings is 1. The molecule has 1 aliphatic rings. The van der Waals surface area contributed by atoms with Gasteiger partial charge in [0.15, 0.2) is 0 Å². The fraction of sp³-hybridized carbons (Fsp3) is 0.562. The highest BCUT2D eigenvalue weighted by Crippen LogP contribution is 2.46. The van der Waals surface area contributed by atoms with Crippen LogP contribution in [0.1, 0.15) is 37.8 Å². The molecule has 2 N–H and O–H groups in total. The first kappa shape index (κ1) is 15.9. The van der Waals surface area contributed by atoms with Crippen LogP contribution in [-0.2, 0) is 16.8 Å². The number of hydrogen-bond acceptors (Lipinski definition) is 2. The maximum Gasteiger partial charge on any atom is 0.289 e. The molecule has 0 bridgehead atoms. The van der Waals surface area contributed by atoms with Gasteiger partial charge < -0.3 is 10.4 Å². The van der Waals surface area contributed by atoms with Crippen LogP contribution in [0.25, 0.3) is 0 Å². The quantitative estimate of drug-likeness (QED) is 0.897. The van der Waals surface area contributed by atoms with Gasteiger partial charge >= 0.3 is 0 Å². The van der Waals surface area contributed by atoms with Crippen molar-refractivity contribution < 1.29 is 18.7 Å². The average molecular weight is 297 g/mol. The lowest BCUT2D eigenvalue weighted by Crippen LogP contribution is -2.58. The minimum absolute atomic E-state index is 0.0169. The molecule has 0 saturated heterocycles. The summed E-state index contributed by atoms with van der Waals surface area (Å²) < 4.78 is 28.5. The lowest BCUT2D eigenvalue weighted by molar-refractivity contribution is -0.202. The van der Waals surface area contributed by atoms with Gasteiger partial charge in [0, 0.05) is 18.5 Å². The van der Waals surface area contributed by atoms with Crippen molar-refractivity contribution in [1.29, 1.82) is 0 Å². The fourth-order valence-corrected chi connectivity index (χ4v) is 2.65. The van der Waals surface area contributed by atoms with E-state index in [-0.39, 0.29) is 18.5 Å². The summed E-state index contributed by atoms with van der Waals surface area (Å²) in [6.07, 6.45) is 0.303. The maximum atomic E-state index is 14.3. The van der Waals surface area contributed by atoms with E-state index in [0.29, 0.717) is 17.9 Å². The van der Waals surface area contributed by atoms with E-state index in [2.05, 4.69) is 5.32 Å². The van der Waals surface area contributed by atoms with E-state index in [1.54, 1.807) is 18.2 Å². The molecule has 0 radical (unpaired) electrons. The van der Waals surface area contributed by atoms with E-state index in [4.69, 9.17) is 0 Å². The number of nitrogens with one attached hydrogen (secondary N) is 1. The minimum Gasteiger partial charge on any atom is -0.371 e. The molecule has 1 atom stereocenters. The second-order valence-corrected chi connectivity index (χ2v) is 6.01. The number of fused-ring (bicyclic) bond motifs is 1. The van der Waals surface area contributed by atoms with Gasteiger partial charge in [0.05, 0.1) is 0 Å². The zero-order valence-corrected chi connectivity index (χ0v) is 12.3. The van der Waals surface area contributed by atoms with Crippen LogP contribution >= 0.6 is 0 Å². The summed E-state index contributed by atoms with van der Waals surface area (Å²) in [6, 6.07) is 6.37. The van der Waals surface area contributed by atoms with Crippen molar-refractivity contribution >= 4 is 5.91 Å². The van der Waals surface area contributed by atoms with Gasteiger partial charge in [-0.25, -0.2) is 8.78 Å². The Hall–Kier alpha value is -1.49. The Bertz CT molecular complexity index is 531. The normalized spacial score (nSPS) is 23.7. The molecule has 0 spiro atoms. The van der Waals surface area contributed by atoms with Crippen LogP contribution in [0.4, 0.5) is 8.78 Å². The van der Waals surface area contributed by atoms with Crippen molar-refractivity contribution in [3.8, 4) is 0 Å². The molecular formula is C16H21F2NO2. The highest BCUT2D eigenvalue weighted by molar-refractivity contribution is 5.88. The summed E-state index contributed by atoms with van der Waals surface area (Å²) in [6.45, 7) is 4.23. The van der Waals surface area contributed by atoms with Crippen LogP contribution in [0.15, 0.2) is 24.3 Å². The molecular weight excluding hydrogens is 276 g/mol. The van der Waals surface area contributed by atoms with Gasteiger partial charge in [-0.15, -0.1) is 0 Å². The van der Waals surface area contributed by atoms with E-state index >= 15 is 0 Å². The highest BCUT2D eigenvalue weighted by Gasteiger charge is 2.61. The first-order valence-electron chi connectivity index (χ1n) is 7.26. The van der Waals surface area contributed by atoms with Crippen LogP contribution in [0.2, 0.25) is 0 Å². The second kappa shape index (κ2) is 5.72.